The van der Waals surface area contributed by atoms with E-state index >= 15 is 0 Å². The molecule has 0 saturated heterocycles. The van der Waals surface area contributed by atoms with Crippen molar-refractivity contribution in [2.45, 2.75) is 51.6 Å². The Morgan fingerprint density at radius 3 is 2.11 bits per heavy atom. The molecule has 0 bridgehead atoms. The SMILES string of the molecule is CCCNC(=O)[C@@H](C)N(Cc1ccccc1)C(=O)CN(c1ccc(C)c(C)c1)S(=O)(=O)c1ccccc1. The van der Waals surface area contributed by atoms with Crippen LogP contribution in [0.1, 0.15) is 37.0 Å². The molecule has 3 rings (SSSR count). The Kier molecular flexibility index (Phi) is 9.47. The van der Waals surface area contributed by atoms with Crippen LogP contribution in [0.5, 0.6) is 0 Å². The fraction of sp³-hybridized carbons (Fsp3) is 0.310. The molecule has 1 atom stereocenters. The van der Waals surface area contributed by atoms with E-state index in [4.69, 9.17) is 0 Å². The van der Waals surface area contributed by atoms with Gasteiger partial charge in [-0.25, -0.2) is 8.42 Å². The van der Waals surface area contributed by atoms with E-state index in [-0.39, 0.29) is 17.3 Å². The number of hydrogen-bond acceptors (Lipinski definition) is 4. The molecule has 0 radical (unpaired) electrons. The zero-order valence-corrected chi connectivity index (χ0v) is 22.7. The van der Waals surface area contributed by atoms with Gasteiger partial charge in [-0.15, -0.1) is 0 Å². The zero-order valence-electron chi connectivity index (χ0n) is 21.8. The molecule has 0 heterocycles. The van der Waals surface area contributed by atoms with Crippen LogP contribution in [0.4, 0.5) is 5.69 Å². The molecule has 0 aliphatic heterocycles. The summed E-state index contributed by atoms with van der Waals surface area (Å²) in [4.78, 5) is 28.2. The van der Waals surface area contributed by atoms with Crippen molar-refractivity contribution in [3.05, 3.63) is 95.6 Å². The van der Waals surface area contributed by atoms with E-state index in [0.29, 0.717) is 12.2 Å². The van der Waals surface area contributed by atoms with E-state index in [1.54, 1.807) is 37.3 Å². The highest BCUT2D eigenvalue weighted by Crippen LogP contribution is 2.26. The van der Waals surface area contributed by atoms with Gasteiger partial charge in [-0.3, -0.25) is 13.9 Å². The lowest BCUT2D eigenvalue weighted by molar-refractivity contribution is -0.139. The van der Waals surface area contributed by atoms with Crippen molar-refractivity contribution in [1.29, 1.82) is 0 Å². The predicted octanol–water partition coefficient (Wildman–Crippen LogP) is 4.44. The number of sulfonamides is 1. The van der Waals surface area contributed by atoms with Crippen LogP contribution in [0.25, 0.3) is 0 Å². The maximum absolute atomic E-state index is 13.8. The molecule has 0 aliphatic rings. The molecule has 196 valence electrons. The molecule has 3 aromatic rings. The van der Waals surface area contributed by atoms with Crippen molar-refractivity contribution in [1.82, 2.24) is 10.2 Å². The Morgan fingerprint density at radius 1 is 0.892 bits per heavy atom. The number of hydrogen-bond donors (Lipinski definition) is 1. The quantitative estimate of drug-likeness (QED) is 0.404. The first kappa shape index (κ1) is 27.9. The minimum Gasteiger partial charge on any atom is -0.354 e. The Balaban J connectivity index is 2.02. The lowest BCUT2D eigenvalue weighted by Gasteiger charge is -2.32. The van der Waals surface area contributed by atoms with Gasteiger partial charge in [0.15, 0.2) is 0 Å². The van der Waals surface area contributed by atoms with Crippen molar-refractivity contribution >= 4 is 27.5 Å². The largest absolute Gasteiger partial charge is 0.354 e. The molecular formula is C29H35N3O4S. The minimum atomic E-state index is -4.06. The third kappa shape index (κ3) is 6.98. The number of aryl methyl sites for hydroxylation is 2. The van der Waals surface area contributed by atoms with Crippen LogP contribution in [-0.2, 0) is 26.2 Å². The summed E-state index contributed by atoms with van der Waals surface area (Å²) < 4.78 is 28.7. The Labute approximate surface area is 220 Å². The Morgan fingerprint density at radius 2 is 1.51 bits per heavy atom. The molecule has 2 amide bonds. The van der Waals surface area contributed by atoms with Gasteiger partial charge in [-0.2, -0.15) is 0 Å². The normalized spacial score (nSPS) is 12.0. The van der Waals surface area contributed by atoms with Crippen LogP contribution in [0.15, 0.2) is 83.8 Å². The molecule has 37 heavy (non-hydrogen) atoms. The smallest absolute Gasteiger partial charge is 0.264 e. The van der Waals surface area contributed by atoms with Crippen LogP contribution < -0.4 is 9.62 Å². The fourth-order valence-electron chi connectivity index (χ4n) is 3.89. The van der Waals surface area contributed by atoms with Gasteiger partial charge in [0.25, 0.3) is 10.0 Å². The van der Waals surface area contributed by atoms with Crippen molar-refractivity contribution in [3.8, 4) is 0 Å². The lowest BCUT2D eigenvalue weighted by atomic mass is 10.1. The summed E-state index contributed by atoms with van der Waals surface area (Å²) in [6.07, 6.45) is 0.765. The monoisotopic (exact) mass is 521 g/mol. The number of carbonyl (C=O) groups excluding carboxylic acids is 2. The van der Waals surface area contributed by atoms with Crippen molar-refractivity contribution < 1.29 is 18.0 Å². The second-order valence-electron chi connectivity index (χ2n) is 9.07. The van der Waals surface area contributed by atoms with E-state index in [2.05, 4.69) is 5.32 Å². The van der Waals surface area contributed by atoms with Crippen LogP contribution in [0.2, 0.25) is 0 Å². The minimum absolute atomic E-state index is 0.0874. The first-order valence-corrected chi connectivity index (χ1v) is 13.8. The highest BCUT2D eigenvalue weighted by atomic mass is 32.2. The summed E-state index contributed by atoms with van der Waals surface area (Å²) in [6, 6.07) is 21.9. The summed E-state index contributed by atoms with van der Waals surface area (Å²) in [5.41, 5.74) is 3.16. The van der Waals surface area contributed by atoms with Gasteiger partial charge >= 0.3 is 0 Å². The van der Waals surface area contributed by atoms with Gasteiger partial charge in [0.1, 0.15) is 12.6 Å². The van der Waals surface area contributed by atoms with Gasteiger partial charge in [0, 0.05) is 13.1 Å². The number of anilines is 1. The molecule has 0 aromatic heterocycles. The highest BCUT2D eigenvalue weighted by molar-refractivity contribution is 7.92. The van der Waals surface area contributed by atoms with Crippen molar-refractivity contribution in [3.63, 3.8) is 0 Å². The second-order valence-corrected chi connectivity index (χ2v) is 10.9. The molecule has 0 aliphatic carbocycles. The summed E-state index contributed by atoms with van der Waals surface area (Å²) in [5.74, 6) is -0.754. The molecule has 1 N–H and O–H groups in total. The first-order valence-electron chi connectivity index (χ1n) is 12.4. The lowest BCUT2D eigenvalue weighted by Crippen LogP contribution is -2.51. The standard InChI is InChI=1S/C29H35N3O4S/c1-5-18-30-29(34)24(4)31(20-25-12-8-6-9-13-25)28(33)21-32(26-17-16-22(2)23(3)19-26)37(35,36)27-14-10-7-11-15-27/h6-17,19,24H,5,18,20-21H2,1-4H3,(H,30,34)/t24-/m1/s1. The molecule has 0 unspecified atom stereocenters. The third-order valence-corrected chi connectivity index (χ3v) is 8.09. The number of carbonyl (C=O) groups is 2. The van der Waals surface area contributed by atoms with Gasteiger partial charge < -0.3 is 10.2 Å². The average molecular weight is 522 g/mol. The van der Waals surface area contributed by atoms with Gasteiger partial charge in [-0.05, 0) is 68.1 Å². The molecule has 0 fully saturated rings. The number of amides is 2. The molecule has 0 spiro atoms. The van der Waals surface area contributed by atoms with E-state index < -0.39 is 28.5 Å². The number of nitrogens with zero attached hydrogens (tertiary/aromatic N) is 2. The summed E-state index contributed by atoms with van der Waals surface area (Å²) in [6.45, 7) is 7.68. The first-order chi connectivity index (χ1) is 17.6. The van der Waals surface area contributed by atoms with E-state index in [9.17, 15) is 18.0 Å². The highest BCUT2D eigenvalue weighted by Gasteiger charge is 2.32. The second kappa shape index (κ2) is 12.5. The summed E-state index contributed by atoms with van der Waals surface area (Å²) >= 11 is 0. The maximum atomic E-state index is 13.8. The molecule has 3 aromatic carbocycles. The van der Waals surface area contributed by atoms with Crippen LogP contribution in [0.3, 0.4) is 0 Å². The topological polar surface area (TPSA) is 86.8 Å². The Hall–Kier alpha value is -3.65. The van der Waals surface area contributed by atoms with Gasteiger partial charge in [0.05, 0.1) is 10.6 Å². The van der Waals surface area contributed by atoms with Crippen molar-refractivity contribution in [2.75, 3.05) is 17.4 Å². The molecule has 8 heteroatoms. The molecular weight excluding hydrogens is 486 g/mol. The van der Waals surface area contributed by atoms with Crippen LogP contribution in [0, 0.1) is 13.8 Å². The average Bonchev–Trinajstić information content (AvgIpc) is 2.91. The molecule has 7 nitrogen and oxygen atoms in total. The van der Waals surface area contributed by atoms with Gasteiger partial charge in [0.2, 0.25) is 11.8 Å². The predicted molar refractivity (Wildman–Crippen MR) is 147 cm³/mol. The van der Waals surface area contributed by atoms with Crippen LogP contribution in [-0.4, -0.2) is 44.3 Å². The third-order valence-electron chi connectivity index (χ3n) is 6.30. The van der Waals surface area contributed by atoms with Gasteiger partial charge in [-0.1, -0.05) is 61.5 Å². The van der Waals surface area contributed by atoms with E-state index in [1.165, 1.54) is 17.0 Å². The van der Waals surface area contributed by atoms with E-state index in [1.807, 2.05) is 57.2 Å². The number of nitrogens with one attached hydrogen (secondary N) is 1. The van der Waals surface area contributed by atoms with Crippen LogP contribution >= 0.6 is 0 Å². The number of benzene rings is 3. The maximum Gasteiger partial charge on any atom is 0.264 e. The zero-order chi connectivity index (χ0) is 27.0. The number of rotatable bonds is 11. The molecule has 0 saturated carbocycles. The van der Waals surface area contributed by atoms with Crippen molar-refractivity contribution in [2.24, 2.45) is 0 Å². The van der Waals surface area contributed by atoms with E-state index in [0.717, 1.165) is 27.4 Å². The summed E-state index contributed by atoms with van der Waals surface area (Å²) in [7, 11) is -4.06. The summed E-state index contributed by atoms with van der Waals surface area (Å²) in [5, 5.41) is 2.84. The Bertz CT molecular complexity index is 1310. The fourth-order valence-corrected chi connectivity index (χ4v) is 5.31.